The van der Waals surface area contributed by atoms with Crippen LogP contribution in [0.15, 0.2) is 23.1 Å². The zero-order chi connectivity index (χ0) is 16.0. The molecule has 1 rings (SSSR count). The van der Waals surface area contributed by atoms with Gasteiger partial charge < -0.3 is 10.1 Å². The van der Waals surface area contributed by atoms with E-state index in [2.05, 4.69) is 5.32 Å². The minimum absolute atomic E-state index is 0.121. The summed E-state index contributed by atoms with van der Waals surface area (Å²) >= 11 is 1.22. The smallest absolute Gasteiger partial charge is 0.328 e. The third kappa shape index (κ3) is 4.45. The predicted octanol–water partition coefficient (Wildman–Crippen LogP) is 2.00. The lowest BCUT2D eigenvalue weighted by molar-refractivity contribution is -0.387. The Hall–Kier alpha value is -2.09. The molecule has 0 saturated carbocycles. The molecule has 114 valence electrons. The van der Waals surface area contributed by atoms with Crippen molar-refractivity contribution in [3.05, 3.63) is 33.9 Å². The fourth-order valence-corrected chi connectivity index (χ4v) is 2.13. The van der Waals surface area contributed by atoms with Gasteiger partial charge >= 0.3 is 5.97 Å². The molecule has 1 atom stereocenters. The van der Waals surface area contributed by atoms with Gasteiger partial charge in [-0.2, -0.15) is 0 Å². The number of carbonyl (C=O) groups is 2. The molecule has 7 nitrogen and oxygen atoms in total. The number of esters is 1. The van der Waals surface area contributed by atoms with Gasteiger partial charge in [0.1, 0.15) is 6.04 Å². The molecule has 1 N–H and O–H groups in total. The summed E-state index contributed by atoms with van der Waals surface area (Å²) in [4.78, 5) is 34.3. The summed E-state index contributed by atoms with van der Waals surface area (Å²) in [5.41, 5.74) is -0.0189. The van der Waals surface area contributed by atoms with Crippen molar-refractivity contribution in [2.45, 2.75) is 24.8 Å². The number of thioether (sulfide) groups is 1. The van der Waals surface area contributed by atoms with Crippen molar-refractivity contribution in [2.24, 2.45) is 0 Å². The minimum atomic E-state index is -0.822. The standard InChI is InChI=1S/C13H16N2O5S/c1-4-20-13(17)8(2)14-12(16)9-5-6-11(21-3)10(7-9)15(18)19/h5-8H,4H2,1-3H3,(H,14,16). The highest BCUT2D eigenvalue weighted by Gasteiger charge is 2.20. The van der Waals surface area contributed by atoms with E-state index in [4.69, 9.17) is 4.74 Å². The van der Waals surface area contributed by atoms with Crippen LogP contribution < -0.4 is 5.32 Å². The zero-order valence-electron chi connectivity index (χ0n) is 11.9. The van der Waals surface area contributed by atoms with Gasteiger partial charge in [-0.05, 0) is 32.2 Å². The summed E-state index contributed by atoms with van der Waals surface area (Å²) < 4.78 is 4.77. The van der Waals surface area contributed by atoms with E-state index in [0.29, 0.717) is 4.90 Å². The van der Waals surface area contributed by atoms with Crippen molar-refractivity contribution in [3.8, 4) is 0 Å². The first-order valence-corrected chi connectivity index (χ1v) is 7.43. The van der Waals surface area contributed by atoms with Crippen LogP contribution in [0.4, 0.5) is 5.69 Å². The topological polar surface area (TPSA) is 98.5 Å². The Morgan fingerprint density at radius 3 is 2.67 bits per heavy atom. The summed E-state index contributed by atoms with van der Waals surface area (Å²) in [6.07, 6.45) is 1.71. The average Bonchev–Trinajstić information content (AvgIpc) is 2.46. The summed E-state index contributed by atoms with van der Waals surface area (Å²) in [5, 5.41) is 13.4. The van der Waals surface area contributed by atoms with Crippen molar-refractivity contribution in [1.82, 2.24) is 5.32 Å². The zero-order valence-corrected chi connectivity index (χ0v) is 12.7. The van der Waals surface area contributed by atoms with E-state index in [1.807, 2.05) is 0 Å². The van der Waals surface area contributed by atoms with Crippen molar-refractivity contribution in [2.75, 3.05) is 12.9 Å². The molecular formula is C13H16N2O5S. The first kappa shape index (κ1) is 17.0. The molecule has 0 aliphatic heterocycles. The third-order valence-electron chi connectivity index (χ3n) is 2.63. The number of hydrogen-bond acceptors (Lipinski definition) is 6. The Morgan fingerprint density at radius 2 is 2.14 bits per heavy atom. The van der Waals surface area contributed by atoms with Gasteiger partial charge in [0.2, 0.25) is 0 Å². The number of nitrogens with one attached hydrogen (secondary N) is 1. The number of benzene rings is 1. The maximum absolute atomic E-state index is 12.0. The molecule has 0 fully saturated rings. The number of nitro groups is 1. The largest absolute Gasteiger partial charge is 0.464 e. The van der Waals surface area contributed by atoms with Crippen LogP contribution in [0.2, 0.25) is 0 Å². The Labute approximate surface area is 126 Å². The van der Waals surface area contributed by atoms with Gasteiger partial charge in [0, 0.05) is 11.6 Å². The maximum atomic E-state index is 12.0. The van der Waals surface area contributed by atoms with Gasteiger partial charge in [0.15, 0.2) is 0 Å². The van der Waals surface area contributed by atoms with Crippen LogP contribution in [0.5, 0.6) is 0 Å². The Bertz CT molecular complexity index is 561. The lowest BCUT2D eigenvalue weighted by Crippen LogP contribution is -2.39. The Balaban J connectivity index is 2.90. The number of hydrogen-bond donors (Lipinski definition) is 1. The molecule has 0 aromatic heterocycles. The van der Waals surface area contributed by atoms with Crippen molar-refractivity contribution in [1.29, 1.82) is 0 Å². The van der Waals surface area contributed by atoms with Crippen molar-refractivity contribution < 1.29 is 19.2 Å². The molecule has 8 heteroatoms. The molecule has 1 unspecified atom stereocenters. The van der Waals surface area contributed by atoms with Crippen LogP contribution in [0, 0.1) is 10.1 Å². The van der Waals surface area contributed by atoms with Gasteiger partial charge in [-0.15, -0.1) is 11.8 Å². The maximum Gasteiger partial charge on any atom is 0.328 e. The fraction of sp³-hybridized carbons (Fsp3) is 0.385. The molecule has 0 aliphatic rings. The van der Waals surface area contributed by atoms with Crippen LogP contribution in [0.3, 0.4) is 0 Å². The second-order valence-corrected chi connectivity index (χ2v) is 4.94. The molecule has 1 aromatic carbocycles. The Kier molecular flexibility index (Phi) is 6.16. The molecule has 0 radical (unpaired) electrons. The van der Waals surface area contributed by atoms with Gasteiger partial charge in [0.25, 0.3) is 11.6 Å². The summed E-state index contributed by atoms with van der Waals surface area (Å²) in [5.74, 6) is -1.12. The van der Waals surface area contributed by atoms with E-state index in [9.17, 15) is 19.7 Å². The van der Waals surface area contributed by atoms with E-state index < -0.39 is 22.8 Å². The predicted molar refractivity (Wildman–Crippen MR) is 78.4 cm³/mol. The molecular weight excluding hydrogens is 296 g/mol. The fourth-order valence-electron chi connectivity index (χ4n) is 1.58. The van der Waals surface area contributed by atoms with E-state index in [0.717, 1.165) is 0 Å². The molecule has 0 aliphatic carbocycles. The van der Waals surface area contributed by atoms with Crippen LogP contribution in [0.1, 0.15) is 24.2 Å². The first-order chi connectivity index (χ1) is 9.90. The number of nitrogens with zero attached hydrogens (tertiary/aromatic N) is 1. The van der Waals surface area contributed by atoms with E-state index in [1.165, 1.54) is 36.9 Å². The SMILES string of the molecule is CCOC(=O)C(C)NC(=O)c1ccc(SC)c([N+](=O)[O-])c1. The second kappa shape index (κ2) is 7.63. The normalized spacial score (nSPS) is 11.6. The Morgan fingerprint density at radius 1 is 1.48 bits per heavy atom. The van der Waals surface area contributed by atoms with Crippen LogP contribution in [-0.2, 0) is 9.53 Å². The molecule has 21 heavy (non-hydrogen) atoms. The summed E-state index contributed by atoms with van der Waals surface area (Å²) in [6.45, 7) is 3.37. The number of ether oxygens (including phenoxy) is 1. The monoisotopic (exact) mass is 312 g/mol. The van der Waals surface area contributed by atoms with Crippen LogP contribution >= 0.6 is 11.8 Å². The molecule has 1 amide bonds. The minimum Gasteiger partial charge on any atom is -0.464 e. The molecule has 0 bridgehead atoms. The molecule has 0 saturated heterocycles. The van der Waals surface area contributed by atoms with Gasteiger partial charge in [-0.25, -0.2) is 4.79 Å². The second-order valence-electron chi connectivity index (χ2n) is 4.09. The lowest BCUT2D eigenvalue weighted by Gasteiger charge is -2.12. The van der Waals surface area contributed by atoms with Gasteiger partial charge in [0.05, 0.1) is 16.4 Å². The van der Waals surface area contributed by atoms with Crippen LogP contribution in [-0.4, -0.2) is 35.7 Å². The van der Waals surface area contributed by atoms with E-state index in [-0.39, 0.29) is 17.9 Å². The summed E-state index contributed by atoms with van der Waals surface area (Å²) in [7, 11) is 0. The molecule has 0 heterocycles. The highest BCUT2D eigenvalue weighted by molar-refractivity contribution is 7.98. The highest BCUT2D eigenvalue weighted by Crippen LogP contribution is 2.28. The van der Waals surface area contributed by atoms with Gasteiger partial charge in [-0.1, -0.05) is 0 Å². The van der Waals surface area contributed by atoms with Crippen molar-refractivity contribution in [3.63, 3.8) is 0 Å². The van der Waals surface area contributed by atoms with E-state index >= 15 is 0 Å². The molecule has 1 aromatic rings. The van der Waals surface area contributed by atoms with Gasteiger partial charge in [-0.3, -0.25) is 14.9 Å². The lowest BCUT2D eigenvalue weighted by atomic mass is 10.1. The number of rotatable bonds is 6. The average molecular weight is 312 g/mol. The van der Waals surface area contributed by atoms with Crippen molar-refractivity contribution >= 4 is 29.3 Å². The first-order valence-electron chi connectivity index (χ1n) is 6.20. The summed E-state index contributed by atoms with van der Waals surface area (Å²) in [6, 6.07) is 3.36. The third-order valence-corrected chi connectivity index (χ3v) is 3.41. The van der Waals surface area contributed by atoms with E-state index in [1.54, 1.807) is 13.2 Å². The number of nitro benzene ring substituents is 1. The highest BCUT2D eigenvalue weighted by atomic mass is 32.2. The number of carbonyl (C=O) groups excluding carboxylic acids is 2. The number of amides is 1. The molecule has 0 spiro atoms. The quantitative estimate of drug-likeness (QED) is 0.373. The van der Waals surface area contributed by atoms with Crippen LogP contribution in [0.25, 0.3) is 0 Å².